The van der Waals surface area contributed by atoms with E-state index in [0.717, 1.165) is 26.2 Å². The van der Waals surface area contributed by atoms with Gasteiger partial charge in [0.05, 0.1) is 22.1 Å². The summed E-state index contributed by atoms with van der Waals surface area (Å²) >= 11 is 0. The van der Waals surface area contributed by atoms with Crippen LogP contribution in [0.5, 0.6) is 0 Å². The van der Waals surface area contributed by atoms with Crippen molar-refractivity contribution in [2.24, 2.45) is 5.92 Å². The number of aryl methyl sites for hydroxylation is 2. The number of rotatable bonds is 0. The van der Waals surface area contributed by atoms with Gasteiger partial charge < -0.3 is 10.6 Å². The van der Waals surface area contributed by atoms with E-state index in [1.165, 1.54) is 65.3 Å². The van der Waals surface area contributed by atoms with Gasteiger partial charge in [0.15, 0.2) is 12.4 Å². The standard InChI is InChI=1S/C29H34N4/c1-23-13-17-30-26-15-21-32(28-11-5-3-9-24(26)28)19-7-2-8-20-33-22-16-27(31-18-14-23)25-10-4-6-12-29(25)33/h3-6,9-12,15-16,21-23H,2,7-8,13-14,17-20H2,1H3/p+2. The maximum atomic E-state index is 3.72. The van der Waals surface area contributed by atoms with E-state index >= 15 is 0 Å². The molecule has 0 radical (unpaired) electrons. The Balaban J connectivity index is 1.40. The van der Waals surface area contributed by atoms with E-state index in [2.05, 4.69) is 99.7 Å². The molecular formula is C29H36N4+2. The minimum atomic E-state index is 0.662. The molecule has 4 heteroatoms. The quantitative estimate of drug-likeness (QED) is 0.344. The van der Waals surface area contributed by atoms with E-state index in [-0.39, 0.29) is 0 Å². The molecule has 1 aliphatic rings. The highest BCUT2D eigenvalue weighted by molar-refractivity contribution is 5.89. The van der Waals surface area contributed by atoms with Gasteiger partial charge in [0.2, 0.25) is 11.0 Å². The number of para-hydroxylation sites is 2. The van der Waals surface area contributed by atoms with Gasteiger partial charge in [-0.05, 0) is 37.3 Å². The number of hydrogen-bond acceptors (Lipinski definition) is 2. The Morgan fingerprint density at radius 1 is 0.636 bits per heavy atom. The molecule has 1 aliphatic heterocycles. The highest BCUT2D eigenvalue weighted by Gasteiger charge is 2.15. The molecule has 0 spiro atoms. The summed E-state index contributed by atoms with van der Waals surface area (Å²) in [4.78, 5) is 0. The zero-order valence-corrected chi connectivity index (χ0v) is 19.8. The lowest BCUT2D eigenvalue weighted by Crippen LogP contribution is -2.35. The van der Waals surface area contributed by atoms with Crippen LogP contribution in [0.2, 0.25) is 0 Å². The molecule has 33 heavy (non-hydrogen) atoms. The molecule has 0 aliphatic carbocycles. The fourth-order valence-electron chi connectivity index (χ4n) is 5.06. The lowest BCUT2D eigenvalue weighted by atomic mass is 10.0. The maximum absolute atomic E-state index is 3.72. The number of nitrogens with zero attached hydrogens (tertiary/aromatic N) is 2. The fourth-order valence-corrected chi connectivity index (χ4v) is 5.06. The Hall–Kier alpha value is -3.14. The van der Waals surface area contributed by atoms with Crippen LogP contribution in [-0.2, 0) is 13.1 Å². The van der Waals surface area contributed by atoms with Crippen molar-refractivity contribution < 1.29 is 9.13 Å². The highest BCUT2D eigenvalue weighted by atomic mass is 15.0. The number of hydrogen-bond donors (Lipinski definition) is 2. The molecule has 5 rings (SSSR count). The first-order valence-corrected chi connectivity index (χ1v) is 12.6. The molecule has 0 saturated heterocycles. The number of anilines is 2. The molecular weight excluding hydrogens is 404 g/mol. The molecule has 4 aromatic rings. The summed E-state index contributed by atoms with van der Waals surface area (Å²) in [6.45, 7) is 6.49. The molecule has 2 aromatic heterocycles. The average molecular weight is 441 g/mol. The number of aromatic nitrogens is 2. The van der Waals surface area contributed by atoms with Gasteiger partial charge in [-0.25, -0.2) is 0 Å². The van der Waals surface area contributed by atoms with Crippen molar-refractivity contribution >= 4 is 33.2 Å². The van der Waals surface area contributed by atoms with Gasteiger partial charge >= 0.3 is 0 Å². The van der Waals surface area contributed by atoms with Crippen molar-refractivity contribution in [3.63, 3.8) is 0 Å². The topological polar surface area (TPSA) is 31.8 Å². The third-order valence-electron chi connectivity index (χ3n) is 7.05. The molecule has 4 bridgehead atoms. The van der Waals surface area contributed by atoms with Gasteiger partial charge in [0, 0.05) is 50.2 Å². The van der Waals surface area contributed by atoms with Crippen LogP contribution in [0.3, 0.4) is 0 Å². The molecule has 3 heterocycles. The lowest BCUT2D eigenvalue weighted by Gasteiger charge is -2.15. The van der Waals surface area contributed by atoms with Gasteiger partial charge in [-0.3, -0.25) is 0 Å². The predicted molar refractivity (Wildman–Crippen MR) is 138 cm³/mol. The van der Waals surface area contributed by atoms with E-state index in [1.807, 2.05) is 0 Å². The van der Waals surface area contributed by atoms with E-state index in [9.17, 15) is 0 Å². The summed E-state index contributed by atoms with van der Waals surface area (Å²) < 4.78 is 4.84. The smallest absolute Gasteiger partial charge is 0.214 e. The molecule has 0 fully saturated rings. The summed E-state index contributed by atoms with van der Waals surface area (Å²) in [7, 11) is 0. The van der Waals surface area contributed by atoms with Crippen LogP contribution >= 0.6 is 0 Å². The minimum Gasteiger partial charge on any atom is -0.384 e. The van der Waals surface area contributed by atoms with Crippen molar-refractivity contribution in [2.75, 3.05) is 23.7 Å². The number of fused-ring (bicyclic) bond motifs is 12. The van der Waals surface area contributed by atoms with Crippen LogP contribution in [0.25, 0.3) is 21.8 Å². The van der Waals surface area contributed by atoms with Gasteiger partial charge in [-0.1, -0.05) is 31.2 Å². The zero-order chi connectivity index (χ0) is 22.5. The fraction of sp³-hybridized carbons (Fsp3) is 0.379. The first-order valence-electron chi connectivity index (χ1n) is 12.6. The Morgan fingerprint density at radius 3 is 1.64 bits per heavy atom. The summed E-state index contributed by atoms with van der Waals surface area (Å²) in [5.74, 6) is 0.662. The monoisotopic (exact) mass is 440 g/mol. The second-order valence-corrected chi connectivity index (χ2v) is 9.48. The van der Waals surface area contributed by atoms with Gasteiger partial charge in [0.25, 0.3) is 0 Å². The SMILES string of the molecule is CC1CCNc2cc[n+](c3ccccc23)CCCCC[n+]2ccc(c3ccccc32)NCC1. The second-order valence-electron chi connectivity index (χ2n) is 9.48. The van der Waals surface area contributed by atoms with E-state index < -0.39 is 0 Å². The maximum Gasteiger partial charge on any atom is 0.214 e. The van der Waals surface area contributed by atoms with Crippen molar-refractivity contribution in [3.8, 4) is 0 Å². The normalized spacial score (nSPS) is 16.5. The van der Waals surface area contributed by atoms with Gasteiger partial charge in [-0.2, -0.15) is 9.13 Å². The number of pyridine rings is 2. The number of benzene rings is 2. The van der Waals surface area contributed by atoms with Crippen molar-refractivity contribution in [1.82, 2.24) is 0 Å². The van der Waals surface area contributed by atoms with Gasteiger partial charge in [-0.15, -0.1) is 0 Å². The molecule has 0 amide bonds. The Labute approximate surface area is 197 Å². The summed E-state index contributed by atoms with van der Waals surface area (Å²) in [6.07, 6.45) is 10.5. The molecule has 0 saturated carbocycles. The van der Waals surface area contributed by atoms with E-state index in [1.54, 1.807) is 0 Å². The van der Waals surface area contributed by atoms with Crippen molar-refractivity contribution in [3.05, 3.63) is 73.1 Å². The third kappa shape index (κ3) is 4.95. The first-order chi connectivity index (χ1) is 16.3. The summed E-state index contributed by atoms with van der Waals surface area (Å²) in [6, 6.07) is 22.1. The predicted octanol–water partition coefficient (Wildman–Crippen LogP) is 5.69. The third-order valence-corrected chi connectivity index (χ3v) is 7.05. The van der Waals surface area contributed by atoms with Crippen LogP contribution in [0.1, 0.15) is 39.0 Å². The van der Waals surface area contributed by atoms with Crippen LogP contribution in [0.4, 0.5) is 11.4 Å². The first kappa shape index (κ1) is 21.7. The van der Waals surface area contributed by atoms with Crippen LogP contribution < -0.4 is 19.8 Å². The number of nitrogens with one attached hydrogen (secondary N) is 2. The molecule has 0 atom stereocenters. The minimum absolute atomic E-state index is 0.662. The Morgan fingerprint density at radius 2 is 1.12 bits per heavy atom. The summed E-state index contributed by atoms with van der Waals surface area (Å²) in [5, 5.41) is 10.1. The Kier molecular flexibility index (Phi) is 6.71. The van der Waals surface area contributed by atoms with Crippen LogP contribution in [0, 0.1) is 5.92 Å². The lowest BCUT2D eigenvalue weighted by molar-refractivity contribution is -0.675. The van der Waals surface area contributed by atoms with Crippen molar-refractivity contribution in [2.45, 2.75) is 52.1 Å². The van der Waals surface area contributed by atoms with Gasteiger partial charge in [0.1, 0.15) is 13.1 Å². The van der Waals surface area contributed by atoms with E-state index in [4.69, 9.17) is 0 Å². The molecule has 4 nitrogen and oxygen atoms in total. The average Bonchev–Trinajstić information content (AvgIpc) is 2.85. The molecule has 2 N–H and O–H groups in total. The van der Waals surface area contributed by atoms with Crippen LogP contribution in [-0.4, -0.2) is 13.1 Å². The molecule has 170 valence electrons. The van der Waals surface area contributed by atoms with Crippen LogP contribution in [0.15, 0.2) is 73.1 Å². The molecule has 2 aromatic carbocycles. The summed E-state index contributed by atoms with van der Waals surface area (Å²) in [5.41, 5.74) is 5.16. The second kappa shape index (κ2) is 10.2. The highest BCUT2D eigenvalue weighted by Crippen LogP contribution is 2.23. The largest absolute Gasteiger partial charge is 0.384 e. The Bertz CT molecular complexity index is 1140. The molecule has 0 unspecified atom stereocenters. The van der Waals surface area contributed by atoms with E-state index in [0.29, 0.717) is 5.92 Å². The zero-order valence-electron chi connectivity index (χ0n) is 19.8. The van der Waals surface area contributed by atoms with Crippen molar-refractivity contribution in [1.29, 1.82) is 0 Å².